The summed E-state index contributed by atoms with van der Waals surface area (Å²) in [6, 6.07) is 13.1. The number of benzene rings is 2. The Kier molecular flexibility index (Phi) is 6.41. The molecule has 31 heavy (non-hydrogen) atoms. The monoisotopic (exact) mass is 445 g/mol. The highest BCUT2D eigenvalue weighted by molar-refractivity contribution is 7.89. The molecule has 0 bridgehead atoms. The van der Waals surface area contributed by atoms with Crippen molar-refractivity contribution in [3.05, 3.63) is 65.5 Å². The van der Waals surface area contributed by atoms with Crippen LogP contribution < -0.4 is 0 Å². The van der Waals surface area contributed by atoms with E-state index in [4.69, 9.17) is 0 Å². The Hall–Kier alpha value is -2.29. The van der Waals surface area contributed by atoms with Gasteiger partial charge < -0.3 is 4.90 Å². The fourth-order valence-electron chi connectivity index (χ4n) is 4.48. The van der Waals surface area contributed by atoms with Gasteiger partial charge >= 0.3 is 0 Å². The lowest BCUT2D eigenvalue weighted by atomic mass is 10.2. The van der Waals surface area contributed by atoms with Gasteiger partial charge in [0.2, 0.25) is 15.9 Å². The van der Waals surface area contributed by atoms with Crippen molar-refractivity contribution < 1.29 is 17.6 Å². The van der Waals surface area contributed by atoms with Crippen LogP contribution in [0, 0.1) is 12.7 Å². The van der Waals surface area contributed by atoms with E-state index in [0.717, 1.165) is 17.5 Å². The van der Waals surface area contributed by atoms with Gasteiger partial charge in [-0.25, -0.2) is 12.8 Å². The van der Waals surface area contributed by atoms with Gasteiger partial charge in [0.05, 0.1) is 10.9 Å². The van der Waals surface area contributed by atoms with E-state index in [1.807, 2.05) is 24.0 Å². The van der Waals surface area contributed by atoms with Crippen LogP contribution >= 0.6 is 0 Å². The van der Waals surface area contributed by atoms with E-state index in [2.05, 4.69) is 4.90 Å². The van der Waals surface area contributed by atoms with E-state index >= 15 is 0 Å². The van der Waals surface area contributed by atoms with Gasteiger partial charge in [-0.2, -0.15) is 4.31 Å². The number of aryl methyl sites for hydroxylation is 1. The van der Waals surface area contributed by atoms with Gasteiger partial charge in [0, 0.05) is 39.3 Å². The molecule has 0 saturated carbocycles. The molecule has 1 atom stereocenters. The average molecular weight is 446 g/mol. The second kappa shape index (κ2) is 9.06. The molecule has 166 valence electrons. The molecule has 2 aliphatic heterocycles. The summed E-state index contributed by atoms with van der Waals surface area (Å²) in [5.41, 5.74) is 1.65. The van der Waals surface area contributed by atoms with Crippen molar-refractivity contribution in [2.45, 2.75) is 37.2 Å². The summed E-state index contributed by atoms with van der Waals surface area (Å²) in [6.07, 6.45) is 1.41. The predicted molar refractivity (Wildman–Crippen MR) is 116 cm³/mol. The number of halogens is 1. The summed E-state index contributed by atoms with van der Waals surface area (Å²) in [5, 5.41) is 0. The summed E-state index contributed by atoms with van der Waals surface area (Å²) >= 11 is 0. The number of rotatable bonds is 5. The molecular formula is C23H28FN3O3S. The molecule has 2 aromatic rings. The second-order valence-electron chi connectivity index (χ2n) is 8.25. The van der Waals surface area contributed by atoms with Crippen molar-refractivity contribution in [2.24, 2.45) is 0 Å². The number of carbonyl (C=O) groups excluding carboxylic acids is 1. The van der Waals surface area contributed by atoms with Crippen LogP contribution in [-0.2, 0) is 21.4 Å². The van der Waals surface area contributed by atoms with E-state index < -0.39 is 10.0 Å². The van der Waals surface area contributed by atoms with E-state index in [0.29, 0.717) is 50.6 Å². The molecule has 8 heteroatoms. The fourth-order valence-corrected chi connectivity index (χ4v) is 6.17. The predicted octanol–water partition coefficient (Wildman–Crippen LogP) is 2.63. The lowest BCUT2D eigenvalue weighted by Crippen LogP contribution is -2.44. The van der Waals surface area contributed by atoms with Gasteiger partial charge in [-0.1, -0.05) is 30.3 Å². The maximum absolute atomic E-state index is 13.1. The first-order chi connectivity index (χ1) is 14.9. The zero-order chi connectivity index (χ0) is 22.0. The van der Waals surface area contributed by atoms with Gasteiger partial charge in [-0.3, -0.25) is 9.69 Å². The highest BCUT2D eigenvalue weighted by atomic mass is 32.2. The second-order valence-corrected chi connectivity index (χ2v) is 10.2. The molecule has 2 fully saturated rings. The number of carbonyl (C=O) groups is 1. The third-order valence-corrected chi connectivity index (χ3v) is 8.26. The molecule has 0 aliphatic carbocycles. The molecule has 0 radical (unpaired) electrons. The summed E-state index contributed by atoms with van der Waals surface area (Å²) < 4.78 is 41.0. The number of likely N-dealkylation sites (tertiary alicyclic amines) is 1. The maximum atomic E-state index is 13.1. The number of sulfonamides is 1. The summed E-state index contributed by atoms with van der Waals surface area (Å²) in [7, 11) is -3.55. The van der Waals surface area contributed by atoms with Gasteiger partial charge in [-0.05, 0) is 49.1 Å². The number of hydrogen-bond acceptors (Lipinski definition) is 4. The Bertz CT molecular complexity index is 1040. The molecule has 1 amide bonds. The number of amides is 1. The van der Waals surface area contributed by atoms with Crippen LogP contribution in [0.3, 0.4) is 0 Å². The Morgan fingerprint density at radius 2 is 1.71 bits per heavy atom. The summed E-state index contributed by atoms with van der Waals surface area (Å²) in [6.45, 7) is 4.99. The summed E-state index contributed by atoms with van der Waals surface area (Å²) in [5.74, 6) is -0.219. The van der Waals surface area contributed by atoms with Gasteiger partial charge in [-0.15, -0.1) is 0 Å². The first-order valence-corrected chi connectivity index (χ1v) is 12.1. The molecule has 2 saturated heterocycles. The van der Waals surface area contributed by atoms with E-state index in [1.54, 1.807) is 28.6 Å². The van der Waals surface area contributed by atoms with Crippen LogP contribution in [0.25, 0.3) is 0 Å². The molecule has 0 spiro atoms. The number of nitrogens with zero attached hydrogens (tertiary/aromatic N) is 3. The molecule has 0 N–H and O–H groups in total. The standard InChI is InChI=1S/C23H28FN3O3S/c1-18-5-2-3-6-22(18)31(29,30)27-13-4-12-25(15-16-27)21-11-14-26(23(21)28)17-19-7-9-20(24)10-8-19/h2-3,5-10,21H,4,11-17H2,1H3/t21-/m1/s1. The number of hydrogen-bond donors (Lipinski definition) is 0. The molecular weight excluding hydrogens is 417 g/mol. The average Bonchev–Trinajstić information content (AvgIpc) is 2.95. The first kappa shape index (κ1) is 21.9. The molecule has 2 aromatic carbocycles. The maximum Gasteiger partial charge on any atom is 0.243 e. The Labute approximate surface area is 183 Å². The fraction of sp³-hybridized carbons (Fsp3) is 0.435. The van der Waals surface area contributed by atoms with Crippen molar-refractivity contribution in [3.8, 4) is 0 Å². The first-order valence-electron chi connectivity index (χ1n) is 10.7. The molecule has 0 aromatic heterocycles. The van der Waals surface area contributed by atoms with Crippen molar-refractivity contribution in [2.75, 3.05) is 32.7 Å². The largest absolute Gasteiger partial charge is 0.337 e. The smallest absolute Gasteiger partial charge is 0.243 e. The molecule has 2 heterocycles. The van der Waals surface area contributed by atoms with Gasteiger partial charge in [0.15, 0.2) is 0 Å². The van der Waals surface area contributed by atoms with Crippen LogP contribution in [0.5, 0.6) is 0 Å². The zero-order valence-electron chi connectivity index (χ0n) is 17.7. The highest BCUT2D eigenvalue weighted by Crippen LogP contribution is 2.24. The Balaban J connectivity index is 1.40. The zero-order valence-corrected chi connectivity index (χ0v) is 18.5. The van der Waals surface area contributed by atoms with Gasteiger partial charge in [0.25, 0.3) is 0 Å². The Morgan fingerprint density at radius 3 is 2.45 bits per heavy atom. The van der Waals surface area contributed by atoms with Crippen molar-refractivity contribution in [1.29, 1.82) is 0 Å². The minimum Gasteiger partial charge on any atom is -0.337 e. The molecule has 2 aliphatic rings. The van der Waals surface area contributed by atoms with Crippen LogP contribution in [-0.4, -0.2) is 67.2 Å². The minimum atomic E-state index is -3.55. The Morgan fingerprint density at radius 1 is 0.968 bits per heavy atom. The van der Waals surface area contributed by atoms with Crippen molar-refractivity contribution in [3.63, 3.8) is 0 Å². The summed E-state index contributed by atoms with van der Waals surface area (Å²) in [4.78, 5) is 17.3. The minimum absolute atomic E-state index is 0.0690. The molecule has 6 nitrogen and oxygen atoms in total. The normalized spacial score (nSPS) is 21.4. The van der Waals surface area contributed by atoms with Gasteiger partial charge in [0.1, 0.15) is 5.82 Å². The van der Waals surface area contributed by atoms with Crippen LogP contribution in [0.4, 0.5) is 4.39 Å². The lowest BCUT2D eigenvalue weighted by molar-refractivity contribution is -0.132. The quantitative estimate of drug-likeness (QED) is 0.710. The third-order valence-electron chi connectivity index (χ3n) is 6.20. The van der Waals surface area contributed by atoms with Crippen LogP contribution in [0.15, 0.2) is 53.4 Å². The van der Waals surface area contributed by atoms with E-state index in [-0.39, 0.29) is 17.8 Å². The van der Waals surface area contributed by atoms with Crippen molar-refractivity contribution >= 4 is 15.9 Å². The topological polar surface area (TPSA) is 60.9 Å². The molecule has 0 unspecified atom stereocenters. The highest BCUT2D eigenvalue weighted by Gasteiger charge is 2.37. The van der Waals surface area contributed by atoms with E-state index in [9.17, 15) is 17.6 Å². The van der Waals surface area contributed by atoms with Crippen molar-refractivity contribution in [1.82, 2.24) is 14.1 Å². The molecule has 4 rings (SSSR count). The van der Waals surface area contributed by atoms with Crippen LogP contribution in [0.1, 0.15) is 24.0 Å². The third kappa shape index (κ3) is 4.66. The lowest BCUT2D eigenvalue weighted by Gasteiger charge is -2.26. The van der Waals surface area contributed by atoms with Crippen LogP contribution in [0.2, 0.25) is 0 Å². The van der Waals surface area contributed by atoms with E-state index in [1.165, 1.54) is 12.1 Å². The SMILES string of the molecule is Cc1ccccc1S(=O)(=O)N1CCCN([C@@H]2CCN(Cc3ccc(F)cc3)C2=O)CC1.